The number of ether oxygens (including phenoxy) is 1. The SMILES string of the molecule is CCCCOc1cccc(C(O)=C2C(=O)C(=O)N(Cc3ccncc3)C2c2cccc(Br)c2)c1. The predicted octanol–water partition coefficient (Wildman–Crippen LogP) is 5.64. The van der Waals surface area contributed by atoms with E-state index in [1.54, 1.807) is 48.8 Å². The van der Waals surface area contributed by atoms with Crippen LogP contribution >= 0.6 is 15.9 Å². The Kier molecular flexibility index (Phi) is 7.43. The molecule has 4 rings (SSSR count). The third kappa shape index (κ3) is 5.04. The summed E-state index contributed by atoms with van der Waals surface area (Å²) in [5, 5.41) is 11.3. The number of likely N-dealkylation sites (tertiary alicyclic amines) is 1. The molecule has 1 unspecified atom stereocenters. The standard InChI is InChI=1S/C27H25BrN2O4/c1-2-3-14-34-22-9-5-7-20(16-22)25(31)23-24(19-6-4-8-21(28)15-19)30(27(33)26(23)32)17-18-10-12-29-13-11-18/h4-13,15-16,24,31H,2-3,14,17H2,1H3. The Morgan fingerprint density at radius 3 is 2.59 bits per heavy atom. The number of hydrogen-bond acceptors (Lipinski definition) is 5. The van der Waals surface area contributed by atoms with E-state index < -0.39 is 17.7 Å². The van der Waals surface area contributed by atoms with Gasteiger partial charge < -0.3 is 14.7 Å². The molecule has 1 N–H and O–H groups in total. The maximum absolute atomic E-state index is 13.2. The number of aliphatic hydroxyl groups excluding tert-OH is 1. The smallest absolute Gasteiger partial charge is 0.295 e. The van der Waals surface area contributed by atoms with E-state index in [1.807, 2.05) is 24.3 Å². The molecule has 0 radical (unpaired) electrons. The molecule has 6 nitrogen and oxygen atoms in total. The van der Waals surface area contributed by atoms with E-state index in [0.29, 0.717) is 17.9 Å². The van der Waals surface area contributed by atoms with Gasteiger partial charge in [0.25, 0.3) is 11.7 Å². The topological polar surface area (TPSA) is 79.7 Å². The van der Waals surface area contributed by atoms with Crippen LogP contribution in [0, 0.1) is 0 Å². The molecule has 2 aromatic carbocycles. The number of halogens is 1. The van der Waals surface area contributed by atoms with Gasteiger partial charge in [0.2, 0.25) is 0 Å². The third-order valence-corrected chi connectivity index (χ3v) is 6.17. The molecule has 2 heterocycles. The second-order valence-electron chi connectivity index (χ2n) is 8.07. The highest BCUT2D eigenvalue weighted by Crippen LogP contribution is 2.41. The van der Waals surface area contributed by atoms with Crippen LogP contribution in [-0.4, -0.2) is 33.3 Å². The first-order valence-corrected chi connectivity index (χ1v) is 11.9. The van der Waals surface area contributed by atoms with Gasteiger partial charge in [-0.15, -0.1) is 0 Å². The average Bonchev–Trinajstić information content (AvgIpc) is 3.09. The molecular weight excluding hydrogens is 496 g/mol. The summed E-state index contributed by atoms with van der Waals surface area (Å²) in [5.74, 6) is -0.989. The molecule has 1 aliphatic rings. The molecule has 174 valence electrons. The zero-order chi connectivity index (χ0) is 24.1. The van der Waals surface area contributed by atoms with Crippen molar-refractivity contribution in [1.82, 2.24) is 9.88 Å². The summed E-state index contributed by atoms with van der Waals surface area (Å²) in [6, 6.07) is 17.2. The van der Waals surface area contributed by atoms with E-state index in [2.05, 4.69) is 27.8 Å². The second-order valence-corrected chi connectivity index (χ2v) is 8.98. The normalized spacial score (nSPS) is 17.2. The monoisotopic (exact) mass is 520 g/mol. The number of aromatic nitrogens is 1. The van der Waals surface area contributed by atoms with E-state index in [1.165, 1.54) is 4.90 Å². The van der Waals surface area contributed by atoms with Crippen LogP contribution in [0.25, 0.3) is 5.76 Å². The van der Waals surface area contributed by atoms with E-state index >= 15 is 0 Å². The maximum Gasteiger partial charge on any atom is 0.295 e. The van der Waals surface area contributed by atoms with Crippen molar-refractivity contribution in [2.24, 2.45) is 0 Å². The molecule has 0 saturated carbocycles. The molecule has 0 aliphatic carbocycles. The number of carbonyl (C=O) groups is 2. The van der Waals surface area contributed by atoms with Crippen molar-refractivity contribution in [2.45, 2.75) is 32.4 Å². The summed E-state index contributed by atoms with van der Waals surface area (Å²) >= 11 is 3.48. The van der Waals surface area contributed by atoms with Gasteiger partial charge in [0.1, 0.15) is 11.5 Å². The van der Waals surface area contributed by atoms with Crippen LogP contribution in [0.2, 0.25) is 0 Å². The minimum Gasteiger partial charge on any atom is -0.507 e. The van der Waals surface area contributed by atoms with Crippen LogP contribution in [-0.2, 0) is 16.1 Å². The van der Waals surface area contributed by atoms with Crippen molar-refractivity contribution in [3.8, 4) is 5.75 Å². The lowest BCUT2D eigenvalue weighted by Crippen LogP contribution is -2.29. The lowest BCUT2D eigenvalue weighted by molar-refractivity contribution is -0.140. The van der Waals surface area contributed by atoms with Crippen molar-refractivity contribution in [2.75, 3.05) is 6.61 Å². The number of benzene rings is 2. The number of Topliss-reactive ketones (excluding diaryl/α,β-unsaturated/α-hetero) is 1. The molecule has 1 saturated heterocycles. The minimum absolute atomic E-state index is 0.0582. The maximum atomic E-state index is 13.2. The molecule has 1 amide bonds. The van der Waals surface area contributed by atoms with E-state index in [-0.39, 0.29) is 17.9 Å². The number of rotatable bonds is 8. The van der Waals surface area contributed by atoms with Crippen LogP contribution in [0.3, 0.4) is 0 Å². The van der Waals surface area contributed by atoms with Crippen molar-refractivity contribution in [3.05, 3.63) is 99.8 Å². The zero-order valence-electron chi connectivity index (χ0n) is 18.8. The fraction of sp³-hybridized carbons (Fsp3) is 0.222. The first-order valence-electron chi connectivity index (χ1n) is 11.2. The Morgan fingerprint density at radius 2 is 1.85 bits per heavy atom. The van der Waals surface area contributed by atoms with Crippen LogP contribution in [0.15, 0.2) is 83.1 Å². The van der Waals surface area contributed by atoms with Crippen molar-refractivity contribution in [1.29, 1.82) is 0 Å². The number of unbranched alkanes of at least 4 members (excludes halogenated alkanes) is 1. The summed E-state index contributed by atoms with van der Waals surface area (Å²) < 4.78 is 6.58. The second kappa shape index (κ2) is 10.7. The van der Waals surface area contributed by atoms with Crippen LogP contribution < -0.4 is 4.74 Å². The van der Waals surface area contributed by atoms with Crippen LogP contribution in [0.4, 0.5) is 0 Å². The van der Waals surface area contributed by atoms with Gasteiger partial charge in [-0.3, -0.25) is 14.6 Å². The Labute approximate surface area is 207 Å². The summed E-state index contributed by atoms with van der Waals surface area (Å²) in [7, 11) is 0. The third-order valence-electron chi connectivity index (χ3n) is 5.68. The van der Waals surface area contributed by atoms with E-state index in [4.69, 9.17) is 4.74 Å². The van der Waals surface area contributed by atoms with Gasteiger partial charge >= 0.3 is 0 Å². The molecule has 0 spiro atoms. The van der Waals surface area contributed by atoms with E-state index in [0.717, 1.165) is 28.4 Å². The van der Waals surface area contributed by atoms with E-state index in [9.17, 15) is 14.7 Å². The molecule has 1 aromatic heterocycles. The Hall–Kier alpha value is -3.45. The fourth-order valence-electron chi connectivity index (χ4n) is 3.97. The van der Waals surface area contributed by atoms with Gasteiger partial charge in [0.15, 0.2) is 0 Å². The van der Waals surface area contributed by atoms with Crippen molar-refractivity contribution >= 4 is 33.4 Å². The molecule has 1 aliphatic heterocycles. The van der Waals surface area contributed by atoms with Crippen molar-refractivity contribution < 1.29 is 19.4 Å². The Balaban J connectivity index is 1.79. The number of hydrogen-bond donors (Lipinski definition) is 1. The first kappa shape index (κ1) is 23.7. The summed E-state index contributed by atoms with van der Waals surface area (Å²) in [4.78, 5) is 31.9. The fourth-order valence-corrected chi connectivity index (χ4v) is 4.39. The average molecular weight is 521 g/mol. The number of ketones is 1. The molecule has 34 heavy (non-hydrogen) atoms. The quantitative estimate of drug-likeness (QED) is 0.180. The molecular formula is C27H25BrN2O4. The zero-order valence-corrected chi connectivity index (χ0v) is 20.4. The number of amides is 1. The highest BCUT2D eigenvalue weighted by Gasteiger charge is 2.46. The Morgan fingerprint density at radius 1 is 1.09 bits per heavy atom. The molecule has 7 heteroatoms. The molecule has 1 fully saturated rings. The molecule has 3 aromatic rings. The highest BCUT2D eigenvalue weighted by atomic mass is 79.9. The van der Waals surface area contributed by atoms with Crippen LogP contribution in [0.1, 0.15) is 42.5 Å². The van der Waals surface area contributed by atoms with Gasteiger partial charge in [-0.05, 0) is 53.9 Å². The largest absolute Gasteiger partial charge is 0.507 e. The molecule has 0 bridgehead atoms. The number of nitrogens with zero attached hydrogens (tertiary/aromatic N) is 2. The summed E-state index contributed by atoms with van der Waals surface area (Å²) in [6.07, 6.45) is 5.21. The van der Waals surface area contributed by atoms with Crippen LogP contribution in [0.5, 0.6) is 5.75 Å². The summed E-state index contributed by atoms with van der Waals surface area (Å²) in [6.45, 7) is 2.86. The summed E-state index contributed by atoms with van der Waals surface area (Å²) in [5.41, 5.74) is 2.04. The van der Waals surface area contributed by atoms with Gasteiger partial charge in [-0.2, -0.15) is 0 Å². The minimum atomic E-state index is -0.740. The van der Waals surface area contributed by atoms with Gasteiger partial charge in [0.05, 0.1) is 18.2 Å². The Bertz CT molecular complexity index is 1230. The van der Waals surface area contributed by atoms with Gasteiger partial charge in [-0.1, -0.05) is 53.5 Å². The lowest BCUT2D eigenvalue weighted by Gasteiger charge is -2.25. The van der Waals surface area contributed by atoms with Gasteiger partial charge in [-0.25, -0.2) is 0 Å². The van der Waals surface area contributed by atoms with Gasteiger partial charge in [0, 0.05) is 29.0 Å². The highest BCUT2D eigenvalue weighted by molar-refractivity contribution is 9.10. The first-order chi connectivity index (χ1) is 16.5. The molecule has 1 atom stereocenters. The number of pyridine rings is 1. The van der Waals surface area contributed by atoms with Crippen molar-refractivity contribution in [3.63, 3.8) is 0 Å². The lowest BCUT2D eigenvalue weighted by atomic mass is 9.95. The predicted molar refractivity (Wildman–Crippen MR) is 133 cm³/mol. The number of aliphatic hydroxyl groups is 1. The number of carbonyl (C=O) groups excluding carboxylic acids is 2.